The summed E-state index contributed by atoms with van der Waals surface area (Å²) in [6.07, 6.45) is 0. The Labute approximate surface area is 224 Å². The van der Waals surface area contributed by atoms with E-state index in [1.54, 1.807) is 37.6 Å². The number of halogens is 1. The zero-order valence-corrected chi connectivity index (χ0v) is 23.0. The van der Waals surface area contributed by atoms with Crippen LogP contribution in [0, 0.1) is 0 Å². The molecular weight excluding hydrogens is 516 g/mol. The van der Waals surface area contributed by atoms with Crippen molar-refractivity contribution in [2.24, 2.45) is 0 Å². The molecule has 1 atom stereocenters. The van der Waals surface area contributed by atoms with Crippen LogP contribution in [0.3, 0.4) is 0 Å². The molecule has 3 aromatic rings. The van der Waals surface area contributed by atoms with E-state index >= 15 is 0 Å². The molecule has 0 spiro atoms. The number of thioether (sulfide) groups is 1. The Kier molecular flexibility index (Phi) is 7.18. The molecule has 2 aliphatic heterocycles. The number of nitrogens with zero attached hydrogens (tertiary/aromatic N) is 4. The molecule has 0 N–H and O–H groups in total. The van der Waals surface area contributed by atoms with Gasteiger partial charge in [-0.3, -0.25) is 14.5 Å². The molecule has 0 radical (unpaired) electrons. The summed E-state index contributed by atoms with van der Waals surface area (Å²) in [7, 11) is 0. The molecule has 5 rings (SSSR count). The second kappa shape index (κ2) is 10.2. The number of hydrogen-bond acceptors (Lipinski definition) is 6. The average Bonchev–Trinajstić information content (AvgIpc) is 3.49. The number of aromatic nitrogens is 2. The van der Waals surface area contributed by atoms with Gasteiger partial charge in [0.1, 0.15) is 12.4 Å². The third-order valence-corrected chi connectivity index (χ3v) is 8.87. The van der Waals surface area contributed by atoms with Gasteiger partial charge in [-0.15, -0.1) is 23.1 Å². The molecule has 0 saturated carbocycles. The standard InChI is InChI=1S/C26H29ClN4O3S2/c1-26(2,3)24-22-23(19-8-5-13-35-19)36-16-21(33)30(15-20(32)29-9-11-34-12-10-29)25(22)31(28-24)18-7-4-6-17(27)14-18/h4-8,13-14,23H,9-12,15-16H2,1-3H3/t23-/m1/s1. The number of carbonyl (C=O) groups excluding carboxylic acids is 2. The van der Waals surface area contributed by atoms with Crippen LogP contribution in [0.4, 0.5) is 5.82 Å². The van der Waals surface area contributed by atoms with Gasteiger partial charge in [0.25, 0.3) is 0 Å². The summed E-state index contributed by atoms with van der Waals surface area (Å²) in [5.74, 6) is 0.725. The third-order valence-electron chi connectivity index (χ3n) is 6.31. The molecule has 4 heterocycles. The SMILES string of the molecule is CC(C)(C)c1nn(-c2cccc(Cl)c2)c2c1[C@@H](c1cccs1)SCC(=O)N2CC(=O)N1CCOCC1. The fourth-order valence-corrected chi connectivity index (χ4v) is 6.93. The molecule has 2 aromatic heterocycles. The Morgan fingerprint density at radius 2 is 1.97 bits per heavy atom. The zero-order valence-electron chi connectivity index (χ0n) is 20.6. The summed E-state index contributed by atoms with van der Waals surface area (Å²) in [4.78, 5) is 31.6. The Morgan fingerprint density at radius 1 is 1.19 bits per heavy atom. The first-order chi connectivity index (χ1) is 17.2. The van der Waals surface area contributed by atoms with Gasteiger partial charge in [-0.1, -0.05) is 44.5 Å². The Bertz CT molecular complexity index is 1260. The normalized spacial score (nSPS) is 18.8. The molecule has 7 nitrogen and oxygen atoms in total. The number of carbonyl (C=O) groups is 2. The molecule has 0 aliphatic carbocycles. The molecule has 2 aliphatic rings. The Hall–Kier alpha value is -2.33. The first-order valence-electron chi connectivity index (χ1n) is 11.9. The van der Waals surface area contributed by atoms with Crippen LogP contribution >= 0.6 is 34.7 Å². The lowest BCUT2D eigenvalue weighted by Gasteiger charge is -2.30. The highest BCUT2D eigenvalue weighted by atomic mass is 35.5. The minimum Gasteiger partial charge on any atom is -0.378 e. The van der Waals surface area contributed by atoms with Crippen molar-refractivity contribution in [1.29, 1.82) is 0 Å². The largest absolute Gasteiger partial charge is 0.378 e. The van der Waals surface area contributed by atoms with Gasteiger partial charge in [-0.25, -0.2) is 4.68 Å². The Balaban J connectivity index is 1.71. The highest BCUT2D eigenvalue weighted by Crippen LogP contribution is 2.49. The molecule has 0 unspecified atom stereocenters. The lowest BCUT2D eigenvalue weighted by atomic mass is 9.88. The van der Waals surface area contributed by atoms with Crippen LogP contribution in [-0.4, -0.2) is 65.1 Å². The Morgan fingerprint density at radius 3 is 2.64 bits per heavy atom. The lowest BCUT2D eigenvalue weighted by molar-refractivity contribution is -0.134. The van der Waals surface area contributed by atoms with Gasteiger partial charge < -0.3 is 9.64 Å². The highest BCUT2D eigenvalue weighted by molar-refractivity contribution is 8.00. The lowest BCUT2D eigenvalue weighted by Crippen LogP contribution is -2.48. The smallest absolute Gasteiger partial charge is 0.242 e. The maximum atomic E-state index is 13.7. The summed E-state index contributed by atoms with van der Waals surface area (Å²) in [6, 6.07) is 11.6. The molecule has 36 heavy (non-hydrogen) atoms. The maximum absolute atomic E-state index is 13.7. The van der Waals surface area contributed by atoms with Gasteiger partial charge in [-0.2, -0.15) is 5.10 Å². The van der Waals surface area contributed by atoms with Crippen molar-refractivity contribution in [1.82, 2.24) is 14.7 Å². The monoisotopic (exact) mass is 544 g/mol. The minimum absolute atomic E-state index is 0.0423. The van der Waals surface area contributed by atoms with E-state index in [9.17, 15) is 9.59 Å². The summed E-state index contributed by atoms with van der Waals surface area (Å²) < 4.78 is 7.22. The van der Waals surface area contributed by atoms with Crippen LogP contribution in [0.15, 0.2) is 41.8 Å². The van der Waals surface area contributed by atoms with Crippen LogP contribution in [0.5, 0.6) is 0 Å². The predicted octanol–water partition coefficient (Wildman–Crippen LogP) is 4.91. The quantitative estimate of drug-likeness (QED) is 0.467. The van der Waals surface area contributed by atoms with Crippen molar-refractivity contribution in [2.45, 2.75) is 31.4 Å². The van der Waals surface area contributed by atoms with E-state index < -0.39 is 0 Å². The van der Waals surface area contributed by atoms with Crippen molar-refractivity contribution < 1.29 is 14.3 Å². The van der Waals surface area contributed by atoms with E-state index in [0.717, 1.165) is 21.8 Å². The number of benzene rings is 1. The highest BCUT2D eigenvalue weighted by Gasteiger charge is 2.40. The second-order valence-corrected chi connectivity index (χ2v) is 12.4. The first kappa shape index (κ1) is 25.3. The fraction of sp³-hybridized carbons (Fsp3) is 0.423. The van der Waals surface area contributed by atoms with Gasteiger partial charge >= 0.3 is 0 Å². The molecular formula is C26H29ClN4O3S2. The molecule has 190 valence electrons. The maximum Gasteiger partial charge on any atom is 0.242 e. The fourth-order valence-electron chi connectivity index (χ4n) is 4.57. The second-order valence-electron chi connectivity index (χ2n) is 9.91. The molecule has 1 saturated heterocycles. The minimum atomic E-state index is -0.294. The van der Waals surface area contributed by atoms with Crippen molar-refractivity contribution in [3.05, 3.63) is 62.9 Å². The number of amides is 2. The van der Waals surface area contributed by atoms with Crippen LogP contribution in [0.2, 0.25) is 5.02 Å². The summed E-state index contributed by atoms with van der Waals surface area (Å²) in [6.45, 7) is 8.42. The van der Waals surface area contributed by atoms with Crippen LogP contribution in [0.1, 0.15) is 42.2 Å². The molecule has 2 amide bonds. The van der Waals surface area contributed by atoms with Gasteiger partial charge in [0.05, 0.1) is 35.6 Å². The average molecular weight is 545 g/mol. The summed E-state index contributed by atoms with van der Waals surface area (Å²) in [5, 5.41) is 7.65. The van der Waals surface area contributed by atoms with E-state index in [1.807, 2.05) is 30.3 Å². The molecule has 10 heteroatoms. The number of morpholine rings is 1. The summed E-state index contributed by atoms with van der Waals surface area (Å²) >= 11 is 9.64. The van der Waals surface area contributed by atoms with Gasteiger partial charge in [-0.05, 0) is 29.6 Å². The number of ether oxygens (including phenoxy) is 1. The topological polar surface area (TPSA) is 67.7 Å². The van der Waals surface area contributed by atoms with Gasteiger partial charge in [0, 0.05) is 34.0 Å². The van der Waals surface area contributed by atoms with Gasteiger partial charge in [0.2, 0.25) is 11.8 Å². The molecule has 1 fully saturated rings. The number of thiophene rings is 1. The predicted molar refractivity (Wildman–Crippen MR) is 146 cm³/mol. The van der Waals surface area contributed by atoms with E-state index in [4.69, 9.17) is 21.4 Å². The van der Waals surface area contributed by atoms with E-state index in [2.05, 4.69) is 32.2 Å². The number of hydrogen-bond donors (Lipinski definition) is 0. The van der Waals surface area contributed by atoms with E-state index in [1.165, 1.54) is 0 Å². The van der Waals surface area contributed by atoms with Crippen molar-refractivity contribution in [3.8, 4) is 5.69 Å². The van der Waals surface area contributed by atoms with Crippen LogP contribution in [0.25, 0.3) is 5.69 Å². The first-order valence-corrected chi connectivity index (χ1v) is 14.2. The summed E-state index contributed by atoms with van der Waals surface area (Å²) in [5.41, 5.74) is 2.34. The molecule has 1 aromatic carbocycles. The zero-order chi connectivity index (χ0) is 25.4. The van der Waals surface area contributed by atoms with Crippen molar-refractivity contribution in [3.63, 3.8) is 0 Å². The van der Waals surface area contributed by atoms with Gasteiger partial charge in [0.15, 0.2) is 0 Å². The van der Waals surface area contributed by atoms with E-state index in [-0.39, 0.29) is 34.8 Å². The molecule has 0 bridgehead atoms. The van der Waals surface area contributed by atoms with Crippen LogP contribution in [-0.2, 0) is 19.7 Å². The van der Waals surface area contributed by atoms with E-state index in [0.29, 0.717) is 37.1 Å². The third kappa shape index (κ3) is 4.94. The number of anilines is 1. The van der Waals surface area contributed by atoms with Crippen LogP contribution < -0.4 is 4.90 Å². The number of rotatable bonds is 4. The number of fused-ring (bicyclic) bond motifs is 1. The van der Waals surface area contributed by atoms with Crippen molar-refractivity contribution >= 4 is 52.3 Å². The van der Waals surface area contributed by atoms with Crippen molar-refractivity contribution in [2.75, 3.05) is 43.5 Å².